The summed E-state index contributed by atoms with van der Waals surface area (Å²) in [5, 5.41) is 7.53. The van der Waals surface area contributed by atoms with Gasteiger partial charge in [0.05, 0.1) is 11.3 Å². The van der Waals surface area contributed by atoms with E-state index in [0.717, 1.165) is 52.2 Å². The fraction of sp³-hybridized carbons (Fsp3) is 0.357. The predicted molar refractivity (Wildman–Crippen MR) is 150 cm³/mol. The molecule has 5 rings (SSSR count). The number of aromatic nitrogens is 2. The number of ether oxygens (including phenoxy) is 1. The summed E-state index contributed by atoms with van der Waals surface area (Å²) in [6, 6.07) is 5.49. The van der Waals surface area contributed by atoms with Crippen LogP contribution in [0.1, 0.15) is 49.7 Å². The zero-order valence-electron chi connectivity index (χ0n) is 21.8. The van der Waals surface area contributed by atoms with Gasteiger partial charge in [0, 0.05) is 48.1 Å². The molecular weight excluding hydrogens is 542 g/mol. The highest BCUT2D eigenvalue weighted by molar-refractivity contribution is 7.16. The number of Topliss-reactive ketones (excluding diaryl/α,β-unsaturated/α-hetero) is 1. The molecule has 4 heterocycles. The number of thiazole rings is 1. The average Bonchev–Trinajstić information content (AvgIpc) is 3.53. The van der Waals surface area contributed by atoms with E-state index in [-0.39, 0.29) is 34.5 Å². The fourth-order valence-corrected chi connectivity index (χ4v) is 6.32. The zero-order valence-corrected chi connectivity index (χ0v) is 23.4. The van der Waals surface area contributed by atoms with Crippen LogP contribution in [-0.4, -0.2) is 46.6 Å². The Morgan fingerprint density at radius 1 is 1.18 bits per heavy atom. The number of alkyl carbamates (subject to hydrolysis) is 1. The van der Waals surface area contributed by atoms with Gasteiger partial charge < -0.3 is 15.0 Å². The number of nitrogens with zero attached hydrogens (tertiary/aromatic N) is 3. The first-order chi connectivity index (χ1) is 18.6. The van der Waals surface area contributed by atoms with Crippen molar-refractivity contribution in [2.45, 2.75) is 51.7 Å². The van der Waals surface area contributed by atoms with Crippen molar-refractivity contribution >= 4 is 50.5 Å². The summed E-state index contributed by atoms with van der Waals surface area (Å²) in [4.78, 5) is 37.6. The molecule has 0 bridgehead atoms. The summed E-state index contributed by atoms with van der Waals surface area (Å²) in [5.41, 5.74) is 0.960. The highest BCUT2D eigenvalue weighted by atomic mass is 32.1. The molecule has 1 atom stereocenters. The van der Waals surface area contributed by atoms with Crippen molar-refractivity contribution in [3.8, 4) is 10.6 Å². The molecule has 1 amide bonds. The van der Waals surface area contributed by atoms with E-state index in [0.29, 0.717) is 6.54 Å². The Kier molecular flexibility index (Phi) is 7.64. The molecule has 39 heavy (non-hydrogen) atoms. The molecule has 1 aromatic carbocycles. The highest BCUT2D eigenvalue weighted by Crippen LogP contribution is 2.35. The molecule has 0 spiro atoms. The van der Waals surface area contributed by atoms with Gasteiger partial charge in [0.25, 0.3) is 0 Å². The Hall–Kier alpha value is -3.44. The van der Waals surface area contributed by atoms with E-state index < -0.39 is 23.3 Å². The maximum atomic E-state index is 14.3. The molecule has 1 aliphatic rings. The van der Waals surface area contributed by atoms with E-state index in [2.05, 4.69) is 20.2 Å². The molecule has 204 valence electrons. The maximum Gasteiger partial charge on any atom is 0.407 e. The van der Waals surface area contributed by atoms with Crippen LogP contribution >= 0.6 is 22.7 Å². The molecule has 3 aromatic heterocycles. The summed E-state index contributed by atoms with van der Waals surface area (Å²) in [6.45, 7) is 6.79. The van der Waals surface area contributed by atoms with Crippen LogP contribution in [0, 0.1) is 11.6 Å². The third-order valence-corrected chi connectivity index (χ3v) is 8.00. The molecule has 0 radical (unpaired) electrons. The summed E-state index contributed by atoms with van der Waals surface area (Å²) >= 11 is 2.54. The van der Waals surface area contributed by atoms with Crippen molar-refractivity contribution in [2.24, 2.45) is 0 Å². The monoisotopic (exact) mass is 570 g/mol. The lowest BCUT2D eigenvalue weighted by molar-refractivity contribution is 0.0500. The second kappa shape index (κ2) is 11.0. The molecule has 1 aliphatic heterocycles. The molecule has 4 aromatic rings. The van der Waals surface area contributed by atoms with Crippen LogP contribution in [0.15, 0.2) is 41.2 Å². The number of benzene rings is 1. The number of rotatable bonds is 6. The standard InChI is InChI=1S/C28H28F2N4O3S2/c1-28(2,3)37-27(36)32-17-6-5-10-34(14-17)24-16(13-31-25-18(24)9-11-38-25)12-22(35)21-15-39-26(33-21)23-19(29)7-4-8-20(23)30/h4,7-9,11,13,15,17H,5-6,10,12,14H2,1-3H3,(H,32,36)/t17-/m0/s1. The van der Waals surface area contributed by atoms with E-state index in [1.165, 1.54) is 34.9 Å². The van der Waals surface area contributed by atoms with Gasteiger partial charge >= 0.3 is 6.09 Å². The Bertz CT molecular complexity index is 1510. The highest BCUT2D eigenvalue weighted by Gasteiger charge is 2.28. The number of hydrogen-bond donors (Lipinski definition) is 1. The van der Waals surface area contributed by atoms with Crippen molar-refractivity contribution in [1.29, 1.82) is 0 Å². The van der Waals surface area contributed by atoms with Crippen LogP contribution in [0.2, 0.25) is 0 Å². The topological polar surface area (TPSA) is 84.4 Å². The summed E-state index contributed by atoms with van der Waals surface area (Å²) in [6.07, 6.45) is 2.95. The van der Waals surface area contributed by atoms with E-state index in [1.807, 2.05) is 32.2 Å². The summed E-state index contributed by atoms with van der Waals surface area (Å²) < 4.78 is 34.0. The number of fused-ring (bicyclic) bond motifs is 1. The lowest BCUT2D eigenvalue weighted by atomic mass is 10.0. The minimum atomic E-state index is -0.725. The van der Waals surface area contributed by atoms with Crippen LogP contribution in [0.3, 0.4) is 0 Å². The number of carbonyl (C=O) groups excluding carboxylic acids is 2. The van der Waals surface area contributed by atoms with Crippen molar-refractivity contribution in [3.63, 3.8) is 0 Å². The number of amides is 1. The Balaban J connectivity index is 1.39. The first-order valence-electron chi connectivity index (χ1n) is 12.6. The number of pyridine rings is 1. The van der Waals surface area contributed by atoms with Gasteiger partial charge in [-0.25, -0.2) is 23.5 Å². The van der Waals surface area contributed by atoms with E-state index in [4.69, 9.17) is 4.74 Å². The third-order valence-electron chi connectivity index (χ3n) is 6.32. The summed E-state index contributed by atoms with van der Waals surface area (Å²) in [7, 11) is 0. The molecule has 1 saturated heterocycles. The number of anilines is 1. The molecule has 0 saturated carbocycles. The number of piperidine rings is 1. The smallest absolute Gasteiger partial charge is 0.407 e. The lowest BCUT2D eigenvalue weighted by Crippen LogP contribution is -2.49. The van der Waals surface area contributed by atoms with Gasteiger partial charge in [-0.15, -0.1) is 22.7 Å². The fourth-order valence-electron chi connectivity index (χ4n) is 4.71. The van der Waals surface area contributed by atoms with Crippen molar-refractivity contribution < 1.29 is 23.1 Å². The number of hydrogen-bond acceptors (Lipinski definition) is 8. The quantitative estimate of drug-likeness (QED) is 0.263. The molecule has 0 unspecified atom stereocenters. The Morgan fingerprint density at radius 2 is 1.95 bits per heavy atom. The Morgan fingerprint density at radius 3 is 2.69 bits per heavy atom. The van der Waals surface area contributed by atoms with Gasteiger partial charge in [-0.3, -0.25) is 4.79 Å². The van der Waals surface area contributed by atoms with Crippen LogP contribution < -0.4 is 10.2 Å². The number of ketones is 1. The largest absolute Gasteiger partial charge is 0.444 e. The molecule has 11 heteroatoms. The van der Waals surface area contributed by atoms with E-state index >= 15 is 0 Å². The van der Waals surface area contributed by atoms with Gasteiger partial charge in [-0.2, -0.15) is 0 Å². The minimum absolute atomic E-state index is 0.0255. The number of nitrogens with one attached hydrogen (secondary N) is 1. The van der Waals surface area contributed by atoms with Crippen molar-refractivity contribution in [1.82, 2.24) is 15.3 Å². The van der Waals surface area contributed by atoms with Crippen LogP contribution in [0.4, 0.5) is 19.3 Å². The second-order valence-corrected chi connectivity index (χ2v) is 12.2. The van der Waals surface area contributed by atoms with Crippen molar-refractivity contribution in [2.75, 3.05) is 18.0 Å². The van der Waals surface area contributed by atoms with Gasteiger partial charge in [0.1, 0.15) is 32.8 Å². The van der Waals surface area contributed by atoms with Gasteiger partial charge in [-0.1, -0.05) is 6.07 Å². The van der Waals surface area contributed by atoms with Gasteiger partial charge in [-0.05, 0) is 57.2 Å². The molecule has 1 fully saturated rings. The van der Waals surface area contributed by atoms with Crippen LogP contribution in [0.5, 0.6) is 0 Å². The summed E-state index contributed by atoms with van der Waals surface area (Å²) in [5.74, 6) is -1.72. The van der Waals surface area contributed by atoms with Crippen LogP contribution in [-0.2, 0) is 11.2 Å². The van der Waals surface area contributed by atoms with Gasteiger partial charge in [0.15, 0.2) is 5.78 Å². The number of thiophene rings is 1. The normalized spacial score (nSPS) is 15.9. The molecule has 1 N–H and O–H groups in total. The van der Waals surface area contributed by atoms with E-state index in [1.54, 1.807) is 6.20 Å². The van der Waals surface area contributed by atoms with Gasteiger partial charge in [0.2, 0.25) is 0 Å². The number of carbonyl (C=O) groups is 2. The minimum Gasteiger partial charge on any atom is -0.444 e. The van der Waals surface area contributed by atoms with E-state index in [9.17, 15) is 18.4 Å². The average molecular weight is 571 g/mol. The predicted octanol–water partition coefficient (Wildman–Crippen LogP) is 6.62. The Labute approximate surface area is 232 Å². The molecule has 0 aliphatic carbocycles. The zero-order chi connectivity index (χ0) is 27.7. The second-order valence-electron chi connectivity index (χ2n) is 10.4. The third kappa shape index (κ3) is 6.09. The SMILES string of the molecule is CC(C)(C)OC(=O)N[C@H]1CCCN(c2c(CC(=O)c3csc(-c4c(F)cccc4F)n3)cnc3sccc23)C1. The first kappa shape index (κ1) is 27.1. The van der Waals surface area contributed by atoms with Crippen LogP contribution in [0.25, 0.3) is 20.8 Å². The lowest BCUT2D eigenvalue weighted by Gasteiger charge is -2.36. The first-order valence-corrected chi connectivity index (χ1v) is 14.4. The van der Waals surface area contributed by atoms with Crippen molar-refractivity contribution in [3.05, 3.63) is 64.1 Å². The number of halogens is 2. The maximum absolute atomic E-state index is 14.3. The molecule has 7 nitrogen and oxygen atoms in total. The molecular formula is C28H28F2N4O3S2.